The van der Waals surface area contributed by atoms with Gasteiger partial charge >= 0.3 is 0 Å². The Kier molecular flexibility index (Phi) is 5.48. The minimum absolute atomic E-state index is 0.177. The zero-order chi connectivity index (χ0) is 12.8. The van der Waals surface area contributed by atoms with Crippen LogP contribution in [0.4, 0.5) is 0 Å². The second kappa shape index (κ2) is 7.13. The first kappa shape index (κ1) is 13.9. The molecular formula is C15H28N2O. The molecule has 2 fully saturated rings. The largest absolute Gasteiger partial charge is 0.352 e. The summed E-state index contributed by atoms with van der Waals surface area (Å²) in [6.07, 6.45) is 13.1. The van der Waals surface area contributed by atoms with Crippen LogP contribution in [0.3, 0.4) is 0 Å². The smallest absolute Gasteiger partial charge is 0.223 e. The summed E-state index contributed by atoms with van der Waals surface area (Å²) in [5, 5.41) is 3.22. The highest BCUT2D eigenvalue weighted by atomic mass is 16.1. The quantitative estimate of drug-likeness (QED) is 0.794. The van der Waals surface area contributed by atoms with Gasteiger partial charge < -0.3 is 11.1 Å². The molecule has 0 radical (unpaired) electrons. The third-order valence-electron chi connectivity index (χ3n) is 4.62. The van der Waals surface area contributed by atoms with Crippen LogP contribution in [-0.4, -0.2) is 18.0 Å². The van der Waals surface area contributed by atoms with Crippen LogP contribution >= 0.6 is 0 Å². The van der Waals surface area contributed by atoms with E-state index < -0.39 is 0 Å². The Morgan fingerprint density at radius 3 is 2.06 bits per heavy atom. The minimum atomic E-state index is 0.177. The second-order valence-corrected chi connectivity index (χ2v) is 6.11. The van der Waals surface area contributed by atoms with Crippen molar-refractivity contribution in [2.45, 2.75) is 82.7 Å². The summed E-state index contributed by atoms with van der Waals surface area (Å²) in [4.78, 5) is 12.3. The molecule has 0 heterocycles. The Bertz CT molecular complexity index is 259. The van der Waals surface area contributed by atoms with Gasteiger partial charge in [0, 0.05) is 18.0 Å². The van der Waals surface area contributed by atoms with E-state index in [1.165, 1.54) is 44.9 Å². The van der Waals surface area contributed by atoms with Crippen molar-refractivity contribution in [1.82, 2.24) is 5.32 Å². The summed E-state index contributed by atoms with van der Waals surface area (Å²) in [6, 6.07) is 0.410. The number of amides is 1. The van der Waals surface area contributed by atoms with Crippen LogP contribution in [0.15, 0.2) is 0 Å². The van der Waals surface area contributed by atoms with E-state index in [-0.39, 0.29) is 23.9 Å². The van der Waals surface area contributed by atoms with Crippen molar-refractivity contribution >= 4 is 5.91 Å². The van der Waals surface area contributed by atoms with Crippen molar-refractivity contribution in [1.29, 1.82) is 0 Å². The summed E-state index contributed by atoms with van der Waals surface area (Å²) in [6.45, 7) is 0. The number of carbonyl (C=O) groups is 1. The second-order valence-electron chi connectivity index (χ2n) is 6.11. The van der Waals surface area contributed by atoms with Crippen molar-refractivity contribution < 1.29 is 4.79 Å². The first-order valence-corrected chi connectivity index (χ1v) is 7.83. The van der Waals surface area contributed by atoms with Crippen LogP contribution in [0.25, 0.3) is 0 Å². The summed E-state index contributed by atoms with van der Waals surface area (Å²) >= 11 is 0. The molecule has 0 aromatic heterocycles. The van der Waals surface area contributed by atoms with E-state index in [4.69, 9.17) is 5.73 Å². The third kappa shape index (κ3) is 3.98. The van der Waals surface area contributed by atoms with E-state index in [1.54, 1.807) is 0 Å². The molecule has 18 heavy (non-hydrogen) atoms. The number of rotatable bonds is 2. The van der Waals surface area contributed by atoms with Crippen LogP contribution in [-0.2, 0) is 4.79 Å². The Labute approximate surface area is 111 Å². The highest BCUT2D eigenvalue weighted by Gasteiger charge is 2.26. The van der Waals surface area contributed by atoms with E-state index >= 15 is 0 Å². The van der Waals surface area contributed by atoms with Crippen molar-refractivity contribution in [2.24, 2.45) is 11.7 Å². The lowest BCUT2D eigenvalue weighted by atomic mass is 9.88. The maximum Gasteiger partial charge on any atom is 0.223 e. The van der Waals surface area contributed by atoms with Crippen LogP contribution in [0.5, 0.6) is 0 Å². The molecule has 3 heteroatoms. The molecule has 0 spiro atoms. The van der Waals surface area contributed by atoms with Gasteiger partial charge in [-0.3, -0.25) is 4.79 Å². The predicted octanol–water partition coefficient (Wildman–Crippen LogP) is 2.73. The molecule has 0 bridgehead atoms. The van der Waals surface area contributed by atoms with Crippen LogP contribution < -0.4 is 11.1 Å². The Morgan fingerprint density at radius 2 is 1.39 bits per heavy atom. The van der Waals surface area contributed by atoms with Crippen molar-refractivity contribution in [3.8, 4) is 0 Å². The SMILES string of the molecule is NC1CCCCC1NC(=O)C1CCCCCCC1. The molecule has 2 aliphatic rings. The van der Waals surface area contributed by atoms with Crippen molar-refractivity contribution in [3.05, 3.63) is 0 Å². The maximum absolute atomic E-state index is 12.3. The Hall–Kier alpha value is -0.570. The number of hydrogen-bond donors (Lipinski definition) is 2. The summed E-state index contributed by atoms with van der Waals surface area (Å²) in [7, 11) is 0. The summed E-state index contributed by atoms with van der Waals surface area (Å²) < 4.78 is 0. The molecule has 1 amide bonds. The van der Waals surface area contributed by atoms with E-state index in [9.17, 15) is 4.79 Å². The molecule has 3 nitrogen and oxygen atoms in total. The van der Waals surface area contributed by atoms with Gasteiger partial charge in [0.25, 0.3) is 0 Å². The predicted molar refractivity (Wildman–Crippen MR) is 74.2 cm³/mol. The Morgan fingerprint density at radius 1 is 0.833 bits per heavy atom. The molecule has 0 aromatic carbocycles. The van der Waals surface area contributed by atoms with Gasteiger partial charge in [-0.25, -0.2) is 0 Å². The van der Waals surface area contributed by atoms with Crippen LogP contribution in [0.1, 0.15) is 70.6 Å². The number of carbonyl (C=O) groups excluding carboxylic acids is 1. The van der Waals surface area contributed by atoms with Crippen LogP contribution in [0.2, 0.25) is 0 Å². The van der Waals surface area contributed by atoms with Gasteiger partial charge in [0.05, 0.1) is 0 Å². The average molecular weight is 252 g/mol. The zero-order valence-corrected chi connectivity index (χ0v) is 11.5. The van der Waals surface area contributed by atoms with E-state index in [0.717, 1.165) is 25.7 Å². The van der Waals surface area contributed by atoms with E-state index in [2.05, 4.69) is 5.32 Å². The monoisotopic (exact) mass is 252 g/mol. The molecule has 0 aliphatic heterocycles. The summed E-state index contributed by atoms with van der Waals surface area (Å²) in [5.74, 6) is 0.527. The Balaban J connectivity index is 1.81. The third-order valence-corrected chi connectivity index (χ3v) is 4.62. The topological polar surface area (TPSA) is 55.1 Å². The van der Waals surface area contributed by atoms with Gasteiger partial charge in [-0.05, 0) is 25.7 Å². The number of nitrogens with one attached hydrogen (secondary N) is 1. The molecule has 2 rings (SSSR count). The molecule has 2 aliphatic carbocycles. The van der Waals surface area contributed by atoms with E-state index in [1.807, 2.05) is 0 Å². The molecular weight excluding hydrogens is 224 g/mol. The van der Waals surface area contributed by atoms with Gasteiger partial charge in [-0.15, -0.1) is 0 Å². The summed E-state index contributed by atoms with van der Waals surface area (Å²) in [5.41, 5.74) is 6.10. The van der Waals surface area contributed by atoms with Crippen LogP contribution in [0, 0.1) is 5.92 Å². The fourth-order valence-corrected chi connectivity index (χ4v) is 3.36. The minimum Gasteiger partial charge on any atom is -0.352 e. The maximum atomic E-state index is 12.3. The highest BCUT2D eigenvalue weighted by Crippen LogP contribution is 2.23. The van der Waals surface area contributed by atoms with Gasteiger partial charge in [0.1, 0.15) is 0 Å². The first-order chi connectivity index (χ1) is 8.77. The fraction of sp³-hybridized carbons (Fsp3) is 0.933. The van der Waals surface area contributed by atoms with Gasteiger partial charge in [-0.1, -0.05) is 44.9 Å². The molecule has 0 aromatic rings. The lowest BCUT2D eigenvalue weighted by Crippen LogP contribution is -2.50. The van der Waals surface area contributed by atoms with Gasteiger partial charge in [-0.2, -0.15) is 0 Å². The highest BCUT2D eigenvalue weighted by molar-refractivity contribution is 5.79. The van der Waals surface area contributed by atoms with Gasteiger partial charge in [0.2, 0.25) is 5.91 Å². The average Bonchev–Trinajstić information content (AvgIpc) is 2.31. The molecule has 3 N–H and O–H groups in total. The molecule has 2 unspecified atom stereocenters. The molecule has 2 atom stereocenters. The normalized spacial score (nSPS) is 31.4. The molecule has 0 saturated heterocycles. The number of hydrogen-bond acceptors (Lipinski definition) is 2. The zero-order valence-electron chi connectivity index (χ0n) is 11.5. The van der Waals surface area contributed by atoms with Crippen molar-refractivity contribution in [2.75, 3.05) is 0 Å². The number of nitrogens with two attached hydrogens (primary N) is 1. The fourth-order valence-electron chi connectivity index (χ4n) is 3.36. The lowest BCUT2D eigenvalue weighted by molar-refractivity contribution is -0.126. The lowest BCUT2D eigenvalue weighted by Gasteiger charge is -2.31. The first-order valence-electron chi connectivity index (χ1n) is 7.83. The molecule has 2 saturated carbocycles. The van der Waals surface area contributed by atoms with Crippen molar-refractivity contribution in [3.63, 3.8) is 0 Å². The standard InChI is InChI=1S/C15H28N2O/c16-13-10-6-7-11-14(13)17-15(18)12-8-4-2-1-3-5-9-12/h12-14H,1-11,16H2,(H,17,18). The van der Waals surface area contributed by atoms with E-state index in [0.29, 0.717) is 0 Å². The van der Waals surface area contributed by atoms with Gasteiger partial charge in [0.15, 0.2) is 0 Å². The molecule has 104 valence electrons.